The standard InChI is InChI=1S/C24H37N9O/c1-5-32(6-2)22-12-17(11-18(29-22)13-26-3)21-15-27-23(25)24(30-21)34-20-14-28-33(16-20)19-7-9-31(4)10-8-19/h12,14-16,18-19,26H,5-11,13H2,1-4H3,(H2,25,27). The van der Waals surface area contributed by atoms with Crippen molar-refractivity contribution >= 4 is 17.2 Å². The second kappa shape index (κ2) is 11.0. The molecule has 1 fully saturated rings. The molecule has 0 aromatic carbocycles. The number of nitrogens with one attached hydrogen (secondary N) is 1. The van der Waals surface area contributed by atoms with Gasteiger partial charge in [0.25, 0.3) is 5.88 Å². The first kappa shape index (κ1) is 24.2. The number of nitrogens with two attached hydrogens (primary N) is 1. The van der Waals surface area contributed by atoms with Crippen LogP contribution in [-0.4, -0.2) is 88.2 Å². The lowest BCUT2D eigenvalue weighted by molar-refractivity contribution is 0.212. The highest BCUT2D eigenvalue weighted by atomic mass is 16.5. The number of aliphatic imine (C=N–C) groups is 1. The number of hydrogen-bond donors (Lipinski definition) is 2. The summed E-state index contributed by atoms with van der Waals surface area (Å²) in [7, 11) is 4.10. The van der Waals surface area contributed by atoms with Crippen molar-refractivity contribution in [2.75, 3.05) is 52.6 Å². The number of nitrogen functional groups attached to an aromatic ring is 1. The van der Waals surface area contributed by atoms with Gasteiger partial charge < -0.3 is 25.6 Å². The Bertz CT molecular complexity index is 1020. The second-order valence-corrected chi connectivity index (χ2v) is 8.98. The number of rotatable bonds is 8. The summed E-state index contributed by atoms with van der Waals surface area (Å²) in [5.41, 5.74) is 7.97. The van der Waals surface area contributed by atoms with Crippen molar-refractivity contribution in [3.05, 3.63) is 30.4 Å². The van der Waals surface area contributed by atoms with E-state index in [1.807, 2.05) is 17.9 Å². The van der Waals surface area contributed by atoms with E-state index in [2.05, 4.69) is 52.2 Å². The Balaban J connectivity index is 1.54. The molecular weight excluding hydrogens is 430 g/mol. The minimum atomic E-state index is 0.136. The van der Waals surface area contributed by atoms with Crippen molar-refractivity contribution in [3.8, 4) is 11.6 Å². The summed E-state index contributed by atoms with van der Waals surface area (Å²) < 4.78 is 8.05. The van der Waals surface area contributed by atoms with E-state index < -0.39 is 0 Å². The minimum Gasteiger partial charge on any atom is -0.433 e. The van der Waals surface area contributed by atoms with E-state index in [1.165, 1.54) is 0 Å². The van der Waals surface area contributed by atoms with E-state index in [1.54, 1.807) is 12.4 Å². The maximum Gasteiger partial charge on any atom is 0.263 e. The number of nitrogens with zero attached hydrogens (tertiary/aromatic N) is 7. The molecule has 4 heterocycles. The summed E-state index contributed by atoms with van der Waals surface area (Å²) in [5, 5.41) is 7.77. The van der Waals surface area contributed by atoms with Crippen LogP contribution in [0.15, 0.2) is 29.7 Å². The van der Waals surface area contributed by atoms with Crippen LogP contribution in [0.4, 0.5) is 5.82 Å². The van der Waals surface area contributed by atoms with Gasteiger partial charge in [-0.25, -0.2) is 9.97 Å². The van der Waals surface area contributed by atoms with Crippen LogP contribution in [0.3, 0.4) is 0 Å². The van der Waals surface area contributed by atoms with Crippen molar-refractivity contribution in [1.82, 2.24) is 34.9 Å². The summed E-state index contributed by atoms with van der Waals surface area (Å²) >= 11 is 0. The monoisotopic (exact) mass is 467 g/mol. The fourth-order valence-electron chi connectivity index (χ4n) is 4.55. The number of hydrogen-bond acceptors (Lipinski definition) is 9. The van der Waals surface area contributed by atoms with Crippen molar-refractivity contribution in [1.29, 1.82) is 0 Å². The molecule has 34 heavy (non-hydrogen) atoms. The predicted octanol–water partition coefficient (Wildman–Crippen LogP) is 2.43. The first-order chi connectivity index (χ1) is 16.5. The highest BCUT2D eigenvalue weighted by molar-refractivity contribution is 6.00. The quantitative estimate of drug-likeness (QED) is 0.609. The molecule has 2 aromatic rings. The lowest BCUT2D eigenvalue weighted by atomic mass is 10.00. The van der Waals surface area contributed by atoms with Gasteiger partial charge >= 0.3 is 0 Å². The molecule has 1 atom stereocenters. The first-order valence-electron chi connectivity index (χ1n) is 12.2. The highest BCUT2D eigenvalue weighted by Gasteiger charge is 2.23. The summed E-state index contributed by atoms with van der Waals surface area (Å²) in [6.45, 7) is 9.02. The zero-order valence-corrected chi connectivity index (χ0v) is 20.7. The van der Waals surface area contributed by atoms with Gasteiger partial charge in [-0.15, -0.1) is 0 Å². The molecule has 10 heteroatoms. The van der Waals surface area contributed by atoms with Crippen LogP contribution in [-0.2, 0) is 0 Å². The number of dihydropyridines is 1. The first-order valence-corrected chi connectivity index (χ1v) is 12.2. The lowest BCUT2D eigenvalue weighted by Gasteiger charge is -2.28. The van der Waals surface area contributed by atoms with Gasteiger partial charge in [0.1, 0.15) is 5.84 Å². The van der Waals surface area contributed by atoms with Gasteiger partial charge in [-0.3, -0.25) is 9.67 Å². The summed E-state index contributed by atoms with van der Waals surface area (Å²) in [5.74, 6) is 2.16. The minimum absolute atomic E-state index is 0.136. The summed E-state index contributed by atoms with van der Waals surface area (Å²) in [4.78, 5) is 18.7. The zero-order chi connectivity index (χ0) is 24.1. The Morgan fingerprint density at radius 1 is 1.21 bits per heavy atom. The van der Waals surface area contributed by atoms with Gasteiger partial charge in [-0.2, -0.15) is 5.10 Å². The number of anilines is 1. The third kappa shape index (κ3) is 5.56. The molecule has 0 spiro atoms. The third-order valence-corrected chi connectivity index (χ3v) is 6.55. The number of aromatic nitrogens is 4. The fourth-order valence-corrected chi connectivity index (χ4v) is 4.55. The topological polar surface area (TPSA) is 110 Å². The van der Waals surface area contributed by atoms with Gasteiger partial charge in [0, 0.05) is 19.6 Å². The highest BCUT2D eigenvalue weighted by Crippen LogP contribution is 2.30. The molecule has 10 nitrogen and oxygen atoms in total. The maximum absolute atomic E-state index is 6.13. The number of likely N-dealkylation sites (N-methyl/N-ethyl adjacent to an activating group) is 2. The molecule has 0 aliphatic carbocycles. The molecule has 2 aliphatic rings. The third-order valence-electron chi connectivity index (χ3n) is 6.55. The van der Waals surface area contributed by atoms with Crippen LogP contribution < -0.4 is 15.8 Å². The van der Waals surface area contributed by atoms with Gasteiger partial charge in [-0.05, 0) is 71.9 Å². The van der Waals surface area contributed by atoms with Crippen molar-refractivity contribution in [2.45, 2.75) is 45.2 Å². The lowest BCUT2D eigenvalue weighted by Crippen LogP contribution is -2.35. The number of amidine groups is 1. The Labute approximate surface area is 201 Å². The van der Waals surface area contributed by atoms with Crippen LogP contribution in [0, 0.1) is 0 Å². The van der Waals surface area contributed by atoms with Gasteiger partial charge in [0.2, 0.25) is 0 Å². The smallest absolute Gasteiger partial charge is 0.263 e. The molecule has 4 rings (SSSR count). The molecule has 0 bridgehead atoms. The van der Waals surface area contributed by atoms with E-state index in [4.69, 9.17) is 20.4 Å². The molecule has 184 valence electrons. The van der Waals surface area contributed by atoms with Crippen LogP contribution in [0.25, 0.3) is 5.57 Å². The molecule has 1 unspecified atom stereocenters. The molecule has 0 amide bonds. The van der Waals surface area contributed by atoms with E-state index in [0.29, 0.717) is 17.7 Å². The van der Waals surface area contributed by atoms with E-state index >= 15 is 0 Å². The molecule has 2 aliphatic heterocycles. The number of likely N-dealkylation sites (tertiary alicyclic amines) is 1. The van der Waals surface area contributed by atoms with Crippen molar-refractivity contribution in [3.63, 3.8) is 0 Å². The Hall–Kier alpha value is -2.98. The van der Waals surface area contributed by atoms with Gasteiger partial charge in [0.15, 0.2) is 11.6 Å². The number of ether oxygens (including phenoxy) is 1. The molecule has 3 N–H and O–H groups in total. The Kier molecular flexibility index (Phi) is 7.79. The Morgan fingerprint density at radius 2 is 1.97 bits per heavy atom. The molecule has 1 saturated heterocycles. The van der Waals surface area contributed by atoms with E-state index in [9.17, 15) is 0 Å². The van der Waals surface area contributed by atoms with Crippen LogP contribution in [0.2, 0.25) is 0 Å². The molecule has 2 aromatic heterocycles. The second-order valence-electron chi connectivity index (χ2n) is 8.98. The van der Waals surface area contributed by atoms with E-state index in [-0.39, 0.29) is 11.9 Å². The summed E-state index contributed by atoms with van der Waals surface area (Å²) in [6.07, 6.45) is 10.4. The predicted molar refractivity (Wildman–Crippen MR) is 135 cm³/mol. The van der Waals surface area contributed by atoms with Crippen molar-refractivity contribution < 1.29 is 4.74 Å². The SMILES string of the molecule is CCN(CC)C1=NC(CNC)CC(c2cnc(N)c(Oc3cnn(C4CCN(C)CC4)c3)n2)=C1. The van der Waals surface area contributed by atoms with Crippen molar-refractivity contribution in [2.24, 2.45) is 4.99 Å². The molecule has 0 radical (unpaired) electrons. The molecule has 0 saturated carbocycles. The van der Waals surface area contributed by atoms with Gasteiger partial charge in [-0.1, -0.05) is 0 Å². The van der Waals surface area contributed by atoms with Crippen LogP contribution in [0.5, 0.6) is 11.6 Å². The largest absolute Gasteiger partial charge is 0.433 e. The zero-order valence-electron chi connectivity index (χ0n) is 20.7. The Morgan fingerprint density at radius 3 is 2.68 bits per heavy atom. The van der Waals surface area contributed by atoms with Crippen LogP contribution in [0.1, 0.15) is 44.8 Å². The molecular formula is C24H37N9O. The average Bonchev–Trinajstić information content (AvgIpc) is 3.30. The fraction of sp³-hybridized carbons (Fsp3) is 0.583. The number of piperidine rings is 1. The average molecular weight is 468 g/mol. The maximum atomic E-state index is 6.13. The summed E-state index contributed by atoms with van der Waals surface area (Å²) in [6, 6.07) is 0.523. The normalized spacial score (nSPS) is 19.6. The van der Waals surface area contributed by atoms with E-state index in [0.717, 1.165) is 69.1 Å². The van der Waals surface area contributed by atoms with Gasteiger partial charge in [0.05, 0.1) is 36.4 Å². The van der Waals surface area contributed by atoms with Crippen LogP contribution >= 0.6 is 0 Å².